The average Bonchev–Trinajstić information content (AvgIpc) is 3.28. The average molecular weight is 568 g/mol. The Labute approximate surface area is 239 Å². The Morgan fingerprint density at radius 3 is 2.66 bits per heavy atom. The van der Waals surface area contributed by atoms with Gasteiger partial charge in [-0.25, -0.2) is 4.79 Å². The number of hydrogen-bond acceptors (Lipinski definition) is 9. The summed E-state index contributed by atoms with van der Waals surface area (Å²) in [6.07, 6.45) is 4.55. The Bertz CT molecular complexity index is 1390. The normalized spacial score (nSPS) is 14.1. The number of esters is 1. The molecule has 3 N–H and O–H groups in total. The van der Waals surface area contributed by atoms with Gasteiger partial charge in [-0.15, -0.1) is 0 Å². The number of nitrogens with zero attached hydrogens (tertiary/aromatic N) is 5. The number of aryl methyl sites for hydroxylation is 1. The fourth-order valence-corrected chi connectivity index (χ4v) is 5.12. The van der Waals surface area contributed by atoms with Crippen LogP contribution in [0.2, 0.25) is 0 Å². The molecule has 1 fully saturated rings. The molecule has 41 heavy (non-hydrogen) atoms. The maximum Gasteiger partial charge on any atom is 0.327 e. The fourth-order valence-electron chi connectivity index (χ4n) is 5.12. The van der Waals surface area contributed by atoms with Crippen molar-refractivity contribution < 1.29 is 19.1 Å². The van der Waals surface area contributed by atoms with Crippen LogP contribution < -0.4 is 20.9 Å². The molecule has 0 saturated carbocycles. The van der Waals surface area contributed by atoms with Gasteiger partial charge in [0.05, 0.1) is 6.61 Å². The second-order valence-corrected chi connectivity index (χ2v) is 10.4. The molecule has 222 valence electrons. The van der Waals surface area contributed by atoms with Crippen molar-refractivity contribution in [2.45, 2.75) is 78.4 Å². The Morgan fingerprint density at radius 1 is 1.17 bits per heavy atom. The molecule has 1 aliphatic rings. The van der Waals surface area contributed by atoms with E-state index in [1.165, 1.54) is 0 Å². The van der Waals surface area contributed by atoms with Gasteiger partial charge < -0.3 is 25.1 Å². The molecular weight excluding hydrogens is 526 g/mol. The van der Waals surface area contributed by atoms with E-state index in [-0.39, 0.29) is 35.4 Å². The van der Waals surface area contributed by atoms with Crippen molar-refractivity contribution in [2.75, 3.05) is 32.0 Å². The molecule has 3 heterocycles. The fraction of sp³-hybridized carbons (Fsp3) is 0.552. The summed E-state index contributed by atoms with van der Waals surface area (Å²) in [4.78, 5) is 52.2. The van der Waals surface area contributed by atoms with E-state index in [2.05, 4.69) is 26.8 Å². The van der Waals surface area contributed by atoms with Gasteiger partial charge in [-0.3, -0.25) is 19.1 Å². The molecule has 3 aromatic rings. The number of nitrogens with one attached hydrogen (secondary N) is 1. The molecular formula is C29H41N7O5. The van der Waals surface area contributed by atoms with Crippen molar-refractivity contribution in [3.63, 3.8) is 0 Å². The first-order valence-corrected chi connectivity index (χ1v) is 14.5. The van der Waals surface area contributed by atoms with Crippen LogP contribution in [0.25, 0.3) is 11.2 Å². The molecule has 12 heteroatoms. The Kier molecular flexibility index (Phi) is 10.3. The standard InChI is InChI=1S/C29H41N7O5/c1-4-6-17-40-28-32-26(30)25-27(33-28)36(29(39)31-25)14-8-13-35(22-11-15-34(16-12-22)20(3)37)19-21-9-7-10-23(18-21)41-24(38)5-2/h7,9-10,18,22H,4-6,8,11-17,19H2,1-3H3,(H,31,39)(H2,30,32,33). The summed E-state index contributed by atoms with van der Waals surface area (Å²) in [5, 5.41) is 0. The summed E-state index contributed by atoms with van der Waals surface area (Å²) in [5.41, 5.74) is 7.68. The minimum absolute atomic E-state index is 0.0958. The number of aromatic amines is 1. The minimum atomic E-state index is -0.293. The van der Waals surface area contributed by atoms with Crippen molar-refractivity contribution in [2.24, 2.45) is 0 Å². The highest BCUT2D eigenvalue weighted by molar-refractivity contribution is 5.81. The molecule has 0 radical (unpaired) electrons. The van der Waals surface area contributed by atoms with Crippen LogP contribution in [0.5, 0.6) is 11.8 Å². The minimum Gasteiger partial charge on any atom is -0.463 e. The van der Waals surface area contributed by atoms with Gasteiger partial charge in [-0.05, 0) is 43.4 Å². The molecule has 1 aromatic carbocycles. The summed E-state index contributed by atoms with van der Waals surface area (Å²) in [6.45, 7) is 9.13. The first-order chi connectivity index (χ1) is 19.8. The number of anilines is 1. The van der Waals surface area contributed by atoms with Gasteiger partial charge in [-0.1, -0.05) is 32.4 Å². The molecule has 0 atom stereocenters. The van der Waals surface area contributed by atoms with Crippen molar-refractivity contribution in [1.82, 2.24) is 29.3 Å². The lowest BCUT2D eigenvalue weighted by Crippen LogP contribution is -2.46. The van der Waals surface area contributed by atoms with E-state index in [1.54, 1.807) is 24.5 Å². The lowest BCUT2D eigenvalue weighted by Gasteiger charge is -2.38. The lowest BCUT2D eigenvalue weighted by molar-refractivity contribution is -0.134. The predicted molar refractivity (Wildman–Crippen MR) is 156 cm³/mol. The number of fused-ring (bicyclic) bond motifs is 1. The smallest absolute Gasteiger partial charge is 0.327 e. The third kappa shape index (κ3) is 7.84. The predicted octanol–water partition coefficient (Wildman–Crippen LogP) is 3.10. The Hall–Kier alpha value is -3.93. The number of likely N-dealkylation sites (tertiary alicyclic amines) is 1. The number of imidazole rings is 1. The second kappa shape index (κ2) is 14.1. The summed E-state index contributed by atoms with van der Waals surface area (Å²) in [6, 6.07) is 8.02. The number of amides is 1. The number of rotatable bonds is 13. The van der Waals surface area contributed by atoms with Crippen LogP contribution in [0, 0.1) is 0 Å². The summed E-state index contributed by atoms with van der Waals surface area (Å²) in [5.74, 6) is 0.529. The van der Waals surface area contributed by atoms with E-state index in [0.717, 1.165) is 31.2 Å². The van der Waals surface area contributed by atoms with Gasteiger partial charge in [0, 0.05) is 52.1 Å². The highest BCUT2D eigenvalue weighted by atomic mass is 16.5. The topological polar surface area (TPSA) is 149 Å². The van der Waals surface area contributed by atoms with E-state index in [0.29, 0.717) is 69.1 Å². The van der Waals surface area contributed by atoms with E-state index in [1.807, 2.05) is 23.1 Å². The van der Waals surface area contributed by atoms with Crippen LogP contribution in [0.4, 0.5) is 5.82 Å². The number of benzene rings is 1. The molecule has 0 unspecified atom stereocenters. The molecule has 4 rings (SSSR count). The summed E-state index contributed by atoms with van der Waals surface area (Å²) in [7, 11) is 0. The quantitative estimate of drug-likeness (QED) is 0.180. The molecule has 0 aliphatic carbocycles. The van der Waals surface area contributed by atoms with Crippen LogP contribution in [0.3, 0.4) is 0 Å². The van der Waals surface area contributed by atoms with Gasteiger partial charge in [0.15, 0.2) is 11.5 Å². The monoisotopic (exact) mass is 567 g/mol. The Balaban J connectivity index is 1.49. The Morgan fingerprint density at radius 2 is 1.95 bits per heavy atom. The third-order valence-electron chi connectivity index (χ3n) is 7.42. The van der Waals surface area contributed by atoms with Crippen LogP contribution in [0.15, 0.2) is 29.1 Å². The van der Waals surface area contributed by atoms with Gasteiger partial charge in [0.2, 0.25) is 5.91 Å². The number of nitrogen functional groups attached to an aromatic ring is 1. The number of carbonyl (C=O) groups excluding carboxylic acids is 2. The van der Waals surface area contributed by atoms with E-state index in [9.17, 15) is 14.4 Å². The molecule has 1 amide bonds. The van der Waals surface area contributed by atoms with E-state index in [4.69, 9.17) is 15.2 Å². The first kappa shape index (κ1) is 30.0. The van der Waals surface area contributed by atoms with E-state index < -0.39 is 0 Å². The number of ether oxygens (including phenoxy) is 2. The van der Waals surface area contributed by atoms with E-state index >= 15 is 0 Å². The van der Waals surface area contributed by atoms with Crippen molar-refractivity contribution >= 4 is 28.9 Å². The van der Waals surface area contributed by atoms with Gasteiger partial charge in [0.25, 0.3) is 0 Å². The molecule has 0 spiro atoms. The second-order valence-electron chi connectivity index (χ2n) is 10.4. The van der Waals surface area contributed by atoms with Crippen molar-refractivity contribution in [1.29, 1.82) is 0 Å². The number of aromatic nitrogens is 4. The zero-order chi connectivity index (χ0) is 29.4. The van der Waals surface area contributed by atoms with Gasteiger partial charge in [0.1, 0.15) is 11.3 Å². The highest BCUT2D eigenvalue weighted by Crippen LogP contribution is 2.23. The van der Waals surface area contributed by atoms with Crippen LogP contribution >= 0.6 is 0 Å². The molecule has 2 aromatic heterocycles. The molecule has 12 nitrogen and oxygen atoms in total. The molecule has 1 aliphatic heterocycles. The van der Waals surface area contributed by atoms with Crippen molar-refractivity contribution in [3.8, 4) is 11.8 Å². The number of piperidine rings is 1. The van der Waals surface area contributed by atoms with Crippen LogP contribution in [0.1, 0.15) is 64.9 Å². The van der Waals surface area contributed by atoms with Gasteiger partial charge in [-0.2, -0.15) is 9.97 Å². The zero-order valence-corrected chi connectivity index (χ0v) is 24.2. The largest absolute Gasteiger partial charge is 0.463 e. The SMILES string of the molecule is CCCCOc1nc(N)c2[nH]c(=O)n(CCCN(Cc3cccc(OC(=O)CC)c3)C3CCN(C(C)=O)CC3)c2n1. The molecule has 1 saturated heterocycles. The number of carbonyl (C=O) groups is 2. The lowest BCUT2D eigenvalue weighted by atomic mass is 10.0. The summed E-state index contributed by atoms with van der Waals surface area (Å²) < 4.78 is 12.7. The maximum atomic E-state index is 12.8. The van der Waals surface area contributed by atoms with Crippen molar-refractivity contribution in [3.05, 3.63) is 40.3 Å². The third-order valence-corrected chi connectivity index (χ3v) is 7.42. The number of nitrogens with two attached hydrogens (primary N) is 1. The number of hydrogen-bond donors (Lipinski definition) is 2. The first-order valence-electron chi connectivity index (χ1n) is 14.5. The number of unbranched alkanes of at least 4 members (excludes halogenated alkanes) is 1. The van der Waals surface area contributed by atoms with Gasteiger partial charge >= 0.3 is 17.7 Å². The maximum absolute atomic E-state index is 12.8. The number of H-pyrrole nitrogens is 1. The van der Waals surface area contributed by atoms with Crippen LogP contribution in [-0.4, -0.2) is 73.5 Å². The van der Waals surface area contributed by atoms with Crippen LogP contribution in [-0.2, 0) is 22.7 Å². The summed E-state index contributed by atoms with van der Waals surface area (Å²) >= 11 is 0. The highest BCUT2D eigenvalue weighted by Gasteiger charge is 2.26. The molecule has 0 bridgehead atoms. The zero-order valence-electron chi connectivity index (χ0n) is 24.2.